The second-order valence-corrected chi connectivity index (χ2v) is 15.0. The number of nitrogens with two attached hydrogens (primary N) is 4. The summed E-state index contributed by atoms with van der Waals surface area (Å²) in [6.45, 7) is 9.20. The van der Waals surface area contributed by atoms with Crippen molar-refractivity contribution in [3.8, 4) is 0 Å². The molecule has 0 aliphatic heterocycles. The monoisotopic (exact) mass is 844 g/mol. The average Bonchev–Trinajstić information content (AvgIpc) is 3.16. The molecule has 1 aromatic rings. The molecule has 334 valence electrons. The van der Waals surface area contributed by atoms with E-state index in [0.29, 0.717) is 5.56 Å². The van der Waals surface area contributed by atoms with E-state index < -0.39 is 78.1 Å². The van der Waals surface area contributed by atoms with E-state index in [1.54, 1.807) is 44.2 Å². The van der Waals surface area contributed by atoms with Crippen LogP contribution in [0.15, 0.2) is 40.3 Å². The van der Waals surface area contributed by atoms with Crippen molar-refractivity contribution in [1.29, 1.82) is 0 Å². The summed E-state index contributed by atoms with van der Waals surface area (Å²) in [6, 6.07) is 3.17. The van der Waals surface area contributed by atoms with Crippen molar-refractivity contribution in [3.63, 3.8) is 0 Å². The van der Waals surface area contributed by atoms with Crippen LogP contribution in [0.1, 0.15) is 79.2 Å². The zero-order valence-corrected chi connectivity index (χ0v) is 35.5. The summed E-state index contributed by atoms with van der Waals surface area (Å²) in [7, 11) is 0. The molecule has 0 aromatic heterocycles. The molecule has 1 unspecified atom stereocenters. The Balaban J connectivity index is 3.40. The molecule has 60 heavy (non-hydrogen) atoms. The molecular weight excluding hydrogens is 779 g/mol. The van der Waals surface area contributed by atoms with Crippen LogP contribution in [0.4, 0.5) is 0 Å². The minimum atomic E-state index is -1.25. The second kappa shape index (κ2) is 27.4. The topological polar surface area (TPSA) is 350 Å². The van der Waals surface area contributed by atoms with Gasteiger partial charge in [-0.15, -0.1) is 0 Å². The fourth-order valence-electron chi connectivity index (χ4n) is 5.81. The molecule has 0 aliphatic rings. The van der Waals surface area contributed by atoms with Gasteiger partial charge in [0.15, 0.2) is 17.7 Å². The number of Topliss-reactive ketones (excluding diaryl/α,β-unsaturated/α-hetero) is 1. The standard InChI is InChI=1S/C39H65N13O8/c1-22(2)18-29(51-37(60)30(19-26-12-8-7-9-13-26)48-32(56)21-47-31(55)20-46-25(6)54)36(59)50-27(14-10-16-44-38(40)41)34(57)49-28(15-11-17-45-39(42)43)35(58)52-33(23(3)4)24(5)53/h7-9,12-13,22-23,27-30,33H,10-11,14-21H2,1-6H3,(H,46,54)(H,47,55)(H,48,56)(H,49,57)(H,50,59)(H,51,60)(H,52,58)(H4,40,41,44)(H4,42,43,45)/t27-,28?,29-,30+,33-/m0/s1. The summed E-state index contributed by atoms with van der Waals surface area (Å²) in [5.41, 5.74) is 22.5. The number of rotatable bonds is 27. The summed E-state index contributed by atoms with van der Waals surface area (Å²) < 4.78 is 0. The molecule has 5 atom stereocenters. The lowest BCUT2D eigenvalue weighted by molar-refractivity contribution is -0.135. The number of nitrogens with zero attached hydrogens (tertiary/aromatic N) is 2. The van der Waals surface area contributed by atoms with Gasteiger partial charge in [-0.05, 0) is 56.4 Å². The van der Waals surface area contributed by atoms with Crippen molar-refractivity contribution in [2.75, 3.05) is 26.2 Å². The van der Waals surface area contributed by atoms with Gasteiger partial charge in [0.05, 0.1) is 19.1 Å². The Morgan fingerprint density at radius 1 is 0.583 bits per heavy atom. The maximum absolute atomic E-state index is 14.1. The number of nitrogens with one attached hydrogen (secondary N) is 7. The van der Waals surface area contributed by atoms with E-state index in [-0.39, 0.29) is 87.7 Å². The summed E-state index contributed by atoms with van der Waals surface area (Å²) in [4.78, 5) is 112. The van der Waals surface area contributed by atoms with Crippen LogP contribution in [0, 0.1) is 11.8 Å². The van der Waals surface area contributed by atoms with Gasteiger partial charge in [0, 0.05) is 26.4 Å². The molecule has 0 bridgehead atoms. The Morgan fingerprint density at radius 2 is 1.05 bits per heavy atom. The number of aliphatic imine (C=N–C) groups is 2. The van der Waals surface area contributed by atoms with Crippen LogP contribution in [0.3, 0.4) is 0 Å². The lowest BCUT2D eigenvalue weighted by Gasteiger charge is -2.28. The molecule has 0 heterocycles. The van der Waals surface area contributed by atoms with E-state index in [9.17, 15) is 38.4 Å². The number of hydrogen-bond acceptors (Lipinski definition) is 10. The highest BCUT2D eigenvalue weighted by atomic mass is 16.2. The first-order valence-electron chi connectivity index (χ1n) is 19.9. The smallest absolute Gasteiger partial charge is 0.243 e. The molecule has 0 spiro atoms. The van der Waals surface area contributed by atoms with Crippen molar-refractivity contribution in [1.82, 2.24) is 37.2 Å². The number of benzene rings is 1. The van der Waals surface area contributed by atoms with E-state index >= 15 is 0 Å². The Kier molecular flexibility index (Phi) is 23.6. The SMILES string of the molecule is CC(=O)NCC(=O)NCC(=O)N[C@H](Cc1ccccc1)C(=O)N[C@@H](CC(C)C)C(=O)N[C@@H](CCCN=C(N)N)C(=O)NC(CCCN=C(N)N)C(=O)N[C@H](C(C)=O)C(C)C. The van der Waals surface area contributed by atoms with Gasteiger partial charge in [-0.3, -0.25) is 48.3 Å². The predicted molar refractivity (Wildman–Crippen MR) is 226 cm³/mol. The molecule has 21 nitrogen and oxygen atoms in total. The van der Waals surface area contributed by atoms with Gasteiger partial charge in [-0.2, -0.15) is 0 Å². The second-order valence-electron chi connectivity index (χ2n) is 15.0. The largest absolute Gasteiger partial charge is 0.370 e. The van der Waals surface area contributed by atoms with Crippen LogP contribution in [0.2, 0.25) is 0 Å². The third-order valence-corrected chi connectivity index (χ3v) is 8.78. The van der Waals surface area contributed by atoms with E-state index in [1.165, 1.54) is 13.8 Å². The van der Waals surface area contributed by atoms with Gasteiger partial charge in [0.1, 0.15) is 24.2 Å². The van der Waals surface area contributed by atoms with Crippen molar-refractivity contribution in [2.45, 2.75) is 110 Å². The number of guanidine groups is 2. The quantitative estimate of drug-likeness (QED) is 0.0245. The highest BCUT2D eigenvalue weighted by molar-refractivity contribution is 5.97. The molecule has 0 saturated carbocycles. The van der Waals surface area contributed by atoms with Gasteiger partial charge in [0.2, 0.25) is 41.4 Å². The highest BCUT2D eigenvalue weighted by Crippen LogP contribution is 2.11. The van der Waals surface area contributed by atoms with Gasteiger partial charge >= 0.3 is 0 Å². The van der Waals surface area contributed by atoms with Crippen LogP contribution >= 0.6 is 0 Å². The van der Waals surface area contributed by atoms with Gasteiger partial charge in [-0.1, -0.05) is 58.0 Å². The average molecular weight is 844 g/mol. The molecule has 7 amide bonds. The molecule has 0 saturated heterocycles. The Morgan fingerprint density at radius 3 is 1.52 bits per heavy atom. The number of ketones is 1. The Hall–Kier alpha value is -6.28. The number of carbonyl (C=O) groups excluding carboxylic acids is 8. The lowest BCUT2D eigenvalue weighted by Crippen LogP contribution is -2.59. The van der Waals surface area contributed by atoms with Crippen molar-refractivity contribution in [2.24, 2.45) is 44.8 Å². The number of carbonyl (C=O) groups is 8. The van der Waals surface area contributed by atoms with E-state index in [4.69, 9.17) is 22.9 Å². The molecule has 0 fully saturated rings. The maximum Gasteiger partial charge on any atom is 0.243 e. The zero-order chi connectivity index (χ0) is 45.4. The fraction of sp³-hybridized carbons (Fsp3) is 0.590. The number of amides is 7. The van der Waals surface area contributed by atoms with Gasteiger partial charge in [0.25, 0.3) is 0 Å². The van der Waals surface area contributed by atoms with Crippen LogP contribution < -0.4 is 60.2 Å². The molecule has 0 radical (unpaired) electrons. The molecular formula is C39H65N13O8. The summed E-state index contributed by atoms with van der Waals surface area (Å²) in [5, 5.41) is 18.2. The maximum atomic E-state index is 14.1. The summed E-state index contributed by atoms with van der Waals surface area (Å²) in [6.07, 6.45) is 0.745. The Labute approximate surface area is 351 Å². The minimum Gasteiger partial charge on any atom is -0.370 e. The summed E-state index contributed by atoms with van der Waals surface area (Å²) in [5.74, 6) is -5.54. The van der Waals surface area contributed by atoms with Crippen molar-refractivity contribution in [3.05, 3.63) is 35.9 Å². The molecule has 1 aromatic carbocycles. The van der Waals surface area contributed by atoms with Gasteiger partial charge < -0.3 is 60.2 Å². The molecule has 1 rings (SSSR count). The van der Waals surface area contributed by atoms with E-state index in [1.807, 2.05) is 13.8 Å². The summed E-state index contributed by atoms with van der Waals surface area (Å²) >= 11 is 0. The van der Waals surface area contributed by atoms with Crippen LogP contribution in [0.5, 0.6) is 0 Å². The van der Waals surface area contributed by atoms with Crippen LogP contribution in [-0.4, -0.2) is 115 Å². The molecule has 15 N–H and O–H groups in total. The first kappa shape index (κ1) is 51.7. The van der Waals surface area contributed by atoms with Crippen LogP contribution in [0.25, 0.3) is 0 Å². The zero-order valence-electron chi connectivity index (χ0n) is 35.5. The Bertz CT molecular complexity index is 1660. The normalized spacial score (nSPS) is 13.3. The van der Waals surface area contributed by atoms with Crippen LogP contribution in [-0.2, 0) is 44.8 Å². The minimum absolute atomic E-state index is 0.0153. The third kappa shape index (κ3) is 22.0. The van der Waals surface area contributed by atoms with Gasteiger partial charge in [-0.25, -0.2) is 0 Å². The van der Waals surface area contributed by atoms with Crippen molar-refractivity contribution >= 4 is 59.1 Å². The number of hydrogen-bond donors (Lipinski definition) is 11. The lowest BCUT2D eigenvalue weighted by atomic mass is 9.99. The first-order valence-corrected chi connectivity index (χ1v) is 19.9. The first-order chi connectivity index (χ1) is 28.2. The third-order valence-electron chi connectivity index (χ3n) is 8.78. The predicted octanol–water partition coefficient (Wildman–Crippen LogP) is -2.70. The van der Waals surface area contributed by atoms with E-state index in [2.05, 4.69) is 47.2 Å². The highest BCUT2D eigenvalue weighted by Gasteiger charge is 2.33. The fourth-order valence-corrected chi connectivity index (χ4v) is 5.81. The van der Waals surface area contributed by atoms with E-state index in [0.717, 1.165) is 0 Å². The van der Waals surface area contributed by atoms with Crippen molar-refractivity contribution < 1.29 is 38.4 Å². The molecule has 21 heteroatoms. The molecule has 0 aliphatic carbocycles.